The monoisotopic (exact) mass is 168 g/mol. The Morgan fingerprint density at radius 3 is 2.83 bits per heavy atom. The van der Waals surface area contributed by atoms with Crippen molar-refractivity contribution >= 4 is 11.9 Å². The molecule has 64 valence electrons. The van der Waals surface area contributed by atoms with Crippen LogP contribution in [0, 0.1) is 0 Å². The van der Waals surface area contributed by atoms with E-state index in [0.29, 0.717) is 5.69 Å². The lowest BCUT2D eigenvalue weighted by atomic mass is 10.2. The molecule has 5 heteroatoms. The Morgan fingerprint density at radius 2 is 2.33 bits per heavy atom. The van der Waals surface area contributed by atoms with Gasteiger partial charge in [-0.05, 0) is 12.8 Å². The summed E-state index contributed by atoms with van der Waals surface area (Å²) in [5, 5.41) is 12.4. The molecule has 5 nitrogen and oxygen atoms in total. The number of anilines is 1. The van der Waals surface area contributed by atoms with Crippen molar-refractivity contribution in [1.29, 1.82) is 0 Å². The Balaban J connectivity index is 2.46. The van der Waals surface area contributed by atoms with E-state index >= 15 is 0 Å². The van der Waals surface area contributed by atoms with E-state index in [1.165, 1.54) is 0 Å². The van der Waals surface area contributed by atoms with Gasteiger partial charge >= 0.3 is 5.97 Å². The highest BCUT2D eigenvalue weighted by molar-refractivity contribution is 5.93. The first kappa shape index (κ1) is 7.15. The fourth-order valence-corrected chi connectivity index (χ4v) is 1.17. The maximum absolute atomic E-state index is 10.7. The number of aromatic nitrogens is 1. The quantitative estimate of drug-likeness (QED) is 0.682. The van der Waals surface area contributed by atoms with Crippen LogP contribution in [-0.2, 0) is 0 Å². The third-order valence-electron chi connectivity index (χ3n) is 1.92. The first-order chi connectivity index (χ1) is 5.70. The second-order valence-electron chi connectivity index (χ2n) is 2.89. The minimum atomic E-state index is -1.06. The maximum Gasteiger partial charge on any atom is 0.343 e. The van der Waals surface area contributed by atoms with Gasteiger partial charge in [-0.15, -0.1) is 0 Å². The smallest absolute Gasteiger partial charge is 0.343 e. The molecule has 0 unspecified atom stereocenters. The average molecular weight is 168 g/mol. The van der Waals surface area contributed by atoms with E-state index in [1.54, 1.807) is 0 Å². The molecule has 0 bridgehead atoms. The fraction of sp³-hybridized carbons (Fsp3) is 0.429. The van der Waals surface area contributed by atoms with Crippen LogP contribution in [0.3, 0.4) is 0 Å². The molecule has 0 radical (unpaired) electrons. The Morgan fingerprint density at radius 1 is 1.67 bits per heavy atom. The van der Waals surface area contributed by atoms with E-state index in [9.17, 15) is 4.79 Å². The molecular weight excluding hydrogens is 160 g/mol. The Bertz CT molecular complexity index is 327. The number of aromatic carboxylic acids is 1. The SMILES string of the molecule is Nc1onc(C2CC2)c1C(=O)O. The van der Waals surface area contributed by atoms with Crippen molar-refractivity contribution in [2.24, 2.45) is 0 Å². The van der Waals surface area contributed by atoms with Crippen molar-refractivity contribution in [3.05, 3.63) is 11.3 Å². The summed E-state index contributed by atoms with van der Waals surface area (Å²) in [7, 11) is 0. The highest BCUT2D eigenvalue weighted by atomic mass is 16.5. The van der Waals surface area contributed by atoms with Crippen LogP contribution < -0.4 is 5.73 Å². The molecule has 0 amide bonds. The Kier molecular flexibility index (Phi) is 1.33. The molecule has 0 aromatic carbocycles. The standard InChI is InChI=1S/C7H8N2O3/c8-6-4(7(10)11)5(9-12-6)3-1-2-3/h3H,1-2,8H2,(H,10,11). The molecule has 12 heavy (non-hydrogen) atoms. The van der Waals surface area contributed by atoms with Gasteiger partial charge < -0.3 is 15.4 Å². The summed E-state index contributed by atoms with van der Waals surface area (Å²) in [5.41, 5.74) is 5.84. The number of hydrogen-bond acceptors (Lipinski definition) is 4. The van der Waals surface area contributed by atoms with E-state index in [4.69, 9.17) is 10.8 Å². The number of carboxylic acid groups (broad SMARTS) is 1. The van der Waals surface area contributed by atoms with Gasteiger partial charge in [0.05, 0.1) is 0 Å². The molecule has 0 atom stereocenters. The van der Waals surface area contributed by atoms with Crippen molar-refractivity contribution in [2.75, 3.05) is 5.73 Å². The maximum atomic E-state index is 10.7. The number of rotatable bonds is 2. The molecular formula is C7H8N2O3. The van der Waals surface area contributed by atoms with E-state index in [-0.39, 0.29) is 17.4 Å². The summed E-state index contributed by atoms with van der Waals surface area (Å²) >= 11 is 0. The second-order valence-corrected chi connectivity index (χ2v) is 2.89. The van der Waals surface area contributed by atoms with Crippen LogP contribution in [0.25, 0.3) is 0 Å². The van der Waals surface area contributed by atoms with Gasteiger partial charge in [0.25, 0.3) is 0 Å². The number of nitrogen functional groups attached to an aromatic ring is 1. The molecule has 0 saturated heterocycles. The summed E-state index contributed by atoms with van der Waals surface area (Å²) in [5.74, 6) is -0.905. The first-order valence-electron chi connectivity index (χ1n) is 3.68. The minimum absolute atomic E-state index is 0.0394. The Hall–Kier alpha value is -1.52. The van der Waals surface area contributed by atoms with E-state index in [0.717, 1.165) is 12.8 Å². The van der Waals surface area contributed by atoms with Crippen LogP contribution in [0.15, 0.2) is 4.52 Å². The van der Waals surface area contributed by atoms with Gasteiger partial charge in [-0.2, -0.15) is 0 Å². The van der Waals surface area contributed by atoms with Crippen LogP contribution in [0.5, 0.6) is 0 Å². The molecule has 1 saturated carbocycles. The molecule has 2 rings (SSSR count). The highest BCUT2D eigenvalue weighted by Crippen LogP contribution is 2.42. The predicted octanol–water partition coefficient (Wildman–Crippen LogP) is 0.832. The van der Waals surface area contributed by atoms with Crippen LogP contribution in [0.1, 0.15) is 34.8 Å². The minimum Gasteiger partial charge on any atom is -0.477 e. The zero-order valence-corrected chi connectivity index (χ0v) is 6.28. The normalized spacial score (nSPS) is 16.3. The van der Waals surface area contributed by atoms with Crippen LogP contribution in [0.2, 0.25) is 0 Å². The molecule has 1 fully saturated rings. The number of carboxylic acids is 1. The number of carbonyl (C=O) groups is 1. The van der Waals surface area contributed by atoms with Gasteiger partial charge in [-0.3, -0.25) is 0 Å². The molecule has 0 spiro atoms. The van der Waals surface area contributed by atoms with Crippen molar-refractivity contribution in [1.82, 2.24) is 5.16 Å². The molecule has 0 aliphatic heterocycles. The van der Waals surface area contributed by atoms with E-state index in [1.807, 2.05) is 0 Å². The highest BCUT2D eigenvalue weighted by Gasteiger charge is 2.33. The topological polar surface area (TPSA) is 89.4 Å². The van der Waals surface area contributed by atoms with Gasteiger partial charge in [-0.25, -0.2) is 4.79 Å². The average Bonchev–Trinajstić information content (AvgIpc) is 2.75. The van der Waals surface area contributed by atoms with Gasteiger partial charge in [0, 0.05) is 5.92 Å². The lowest BCUT2D eigenvalue weighted by Crippen LogP contribution is -2.02. The number of nitrogens with zero attached hydrogens (tertiary/aromatic N) is 1. The number of hydrogen-bond donors (Lipinski definition) is 2. The number of nitrogens with two attached hydrogens (primary N) is 1. The summed E-state index contributed by atoms with van der Waals surface area (Å²) < 4.78 is 4.61. The van der Waals surface area contributed by atoms with Gasteiger partial charge in [0.1, 0.15) is 11.3 Å². The lowest BCUT2D eigenvalue weighted by Gasteiger charge is -1.91. The Labute approximate surface area is 68.1 Å². The third-order valence-corrected chi connectivity index (χ3v) is 1.92. The predicted molar refractivity (Wildman–Crippen MR) is 39.8 cm³/mol. The van der Waals surface area contributed by atoms with Crippen molar-refractivity contribution in [3.8, 4) is 0 Å². The van der Waals surface area contributed by atoms with Gasteiger partial charge in [0.15, 0.2) is 0 Å². The van der Waals surface area contributed by atoms with Crippen LogP contribution >= 0.6 is 0 Å². The summed E-state index contributed by atoms with van der Waals surface area (Å²) in [4.78, 5) is 10.7. The van der Waals surface area contributed by atoms with Crippen molar-refractivity contribution < 1.29 is 14.4 Å². The van der Waals surface area contributed by atoms with Gasteiger partial charge in [-0.1, -0.05) is 5.16 Å². The summed E-state index contributed by atoms with van der Waals surface area (Å²) in [6, 6.07) is 0. The summed E-state index contributed by atoms with van der Waals surface area (Å²) in [6.45, 7) is 0. The van der Waals surface area contributed by atoms with Crippen molar-refractivity contribution in [3.63, 3.8) is 0 Å². The lowest BCUT2D eigenvalue weighted by molar-refractivity contribution is 0.0696. The second kappa shape index (κ2) is 2.23. The first-order valence-corrected chi connectivity index (χ1v) is 3.68. The molecule has 1 aromatic heterocycles. The third kappa shape index (κ3) is 0.939. The molecule has 3 N–H and O–H groups in total. The van der Waals surface area contributed by atoms with Gasteiger partial charge in [0.2, 0.25) is 5.88 Å². The van der Waals surface area contributed by atoms with E-state index < -0.39 is 5.97 Å². The molecule has 1 aromatic rings. The molecule has 1 aliphatic rings. The fourth-order valence-electron chi connectivity index (χ4n) is 1.17. The largest absolute Gasteiger partial charge is 0.477 e. The van der Waals surface area contributed by atoms with Crippen molar-refractivity contribution in [2.45, 2.75) is 18.8 Å². The van der Waals surface area contributed by atoms with E-state index in [2.05, 4.69) is 9.68 Å². The zero-order valence-electron chi connectivity index (χ0n) is 6.28. The molecule has 1 aliphatic carbocycles. The zero-order chi connectivity index (χ0) is 8.72. The summed E-state index contributed by atoms with van der Waals surface area (Å²) in [6.07, 6.45) is 1.96. The van der Waals surface area contributed by atoms with Crippen LogP contribution in [-0.4, -0.2) is 16.2 Å². The van der Waals surface area contributed by atoms with Crippen LogP contribution in [0.4, 0.5) is 5.88 Å². The molecule has 1 heterocycles.